The van der Waals surface area contributed by atoms with E-state index in [9.17, 15) is 21.6 Å². The lowest BCUT2D eigenvalue weighted by atomic mass is 10.0. The van der Waals surface area contributed by atoms with Gasteiger partial charge >= 0.3 is 22.0 Å². The van der Waals surface area contributed by atoms with Crippen molar-refractivity contribution in [3.8, 4) is 0 Å². The second-order valence-corrected chi connectivity index (χ2v) is 6.70. The Hall–Kier alpha value is -0.580. The summed E-state index contributed by atoms with van der Waals surface area (Å²) in [6.07, 6.45) is -3.64. The van der Waals surface area contributed by atoms with Gasteiger partial charge in [0.25, 0.3) is 0 Å². The maximum absolute atomic E-state index is 12.4. The highest BCUT2D eigenvalue weighted by atomic mass is 35.5. The molecule has 27 heavy (non-hydrogen) atoms. The first-order chi connectivity index (χ1) is 11.4. The number of halogens is 6. The van der Waals surface area contributed by atoms with Crippen molar-refractivity contribution in [2.45, 2.75) is 32.5 Å². The maximum Gasteiger partial charge on any atom is 0.507 e. The highest BCUT2D eigenvalue weighted by molar-refractivity contribution is 7.46. The summed E-state index contributed by atoms with van der Waals surface area (Å²) in [6, 6.07) is 5.68. The molecule has 0 aliphatic heterocycles. The number of hydrogen-bond acceptors (Lipinski definition) is 3. The molecule has 1 rings (SSSR count). The number of hydrogen-bond donors (Lipinski definition) is 5. The van der Waals surface area contributed by atoms with Gasteiger partial charge < -0.3 is 5.32 Å². The van der Waals surface area contributed by atoms with Gasteiger partial charge in [-0.1, -0.05) is 25.1 Å². The summed E-state index contributed by atoms with van der Waals surface area (Å²) in [5.41, 5.74) is 0.136. The Labute approximate surface area is 159 Å². The van der Waals surface area contributed by atoms with Gasteiger partial charge in [0, 0.05) is 6.04 Å². The first-order valence-corrected chi connectivity index (χ1v) is 9.84. The molecule has 162 valence electrons. The van der Waals surface area contributed by atoms with Gasteiger partial charge in [-0.2, -0.15) is 13.2 Å². The fourth-order valence-corrected chi connectivity index (χ4v) is 1.65. The Morgan fingerprint density at radius 2 is 1.48 bits per heavy atom. The van der Waals surface area contributed by atoms with Crippen molar-refractivity contribution in [2.75, 3.05) is 6.54 Å². The largest absolute Gasteiger partial charge is 0.507 e. The third-order valence-electron chi connectivity index (χ3n) is 2.35. The van der Waals surface area contributed by atoms with E-state index in [1.54, 1.807) is 6.07 Å². The van der Waals surface area contributed by atoms with E-state index in [2.05, 4.69) is 5.32 Å². The Kier molecular flexibility index (Phi) is 15.6. The molecule has 0 aromatic heterocycles. The minimum absolute atomic E-state index is 0. The summed E-state index contributed by atoms with van der Waals surface area (Å²) >= 11 is 0. The number of benzene rings is 1. The summed E-state index contributed by atoms with van der Waals surface area (Å²) in [5.74, 6) is 0. The smallest absolute Gasteiger partial charge is 0.314 e. The molecule has 0 radical (unpaired) electrons. The van der Waals surface area contributed by atoms with Crippen LogP contribution in [0.4, 0.5) is 21.6 Å². The van der Waals surface area contributed by atoms with E-state index < -0.39 is 27.6 Å². The monoisotopic (exact) mass is 467 g/mol. The van der Waals surface area contributed by atoms with E-state index in [-0.39, 0.29) is 18.4 Å². The second-order valence-electron chi connectivity index (χ2n) is 4.81. The van der Waals surface area contributed by atoms with Gasteiger partial charge in [0.1, 0.15) is 0 Å². The molecule has 1 atom stereocenters. The lowest BCUT2D eigenvalue weighted by molar-refractivity contribution is -0.137. The average Bonchev–Trinajstić information content (AvgIpc) is 2.34. The van der Waals surface area contributed by atoms with Crippen LogP contribution in [0.1, 0.15) is 25.0 Å². The summed E-state index contributed by atoms with van der Waals surface area (Å²) in [6.45, 7) is 4.76. The predicted octanol–water partition coefficient (Wildman–Crippen LogP) is 3.76. The zero-order valence-corrected chi connectivity index (χ0v) is 16.7. The molecule has 0 heterocycles. The van der Waals surface area contributed by atoms with E-state index in [1.165, 1.54) is 12.1 Å². The Morgan fingerprint density at radius 1 is 1.07 bits per heavy atom. The Morgan fingerprint density at radius 3 is 1.81 bits per heavy atom. The molecule has 0 bridgehead atoms. The molecule has 0 saturated carbocycles. The van der Waals surface area contributed by atoms with E-state index in [0.29, 0.717) is 12.0 Å². The summed E-state index contributed by atoms with van der Waals surface area (Å²) in [5, 5.41) is 3.17. The van der Waals surface area contributed by atoms with Crippen LogP contribution in [0.3, 0.4) is 0 Å². The molecule has 0 aliphatic carbocycles. The predicted molar refractivity (Wildman–Crippen MR) is 91.8 cm³/mol. The van der Waals surface area contributed by atoms with Crippen molar-refractivity contribution in [1.29, 1.82) is 0 Å². The van der Waals surface area contributed by atoms with E-state index in [0.717, 1.165) is 12.6 Å². The minimum Gasteiger partial charge on any atom is -0.314 e. The third-order valence-corrected chi connectivity index (χ3v) is 2.35. The zero-order valence-electron chi connectivity index (χ0n) is 14.1. The lowest BCUT2D eigenvalue weighted by Gasteiger charge is -2.13. The third kappa shape index (κ3) is 27.7. The fraction of sp³-hybridized carbons (Fsp3) is 0.500. The molecule has 1 unspecified atom stereocenters. The first-order valence-electron chi connectivity index (χ1n) is 6.83. The summed E-state index contributed by atoms with van der Waals surface area (Å²) < 4.78 is 75.3. The topological polar surface area (TPSA) is 127 Å². The molecule has 1 aromatic rings. The maximum atomic E-state index is 12.4. The molecule has 5 N–H and O–H groups in total. The number of alkyl halides is 3. The van der Waals surface area contributed by atoms with Gasteiger partial charge in [-0.05, 0) is 31.5 Å². The van der Waals surface area contributed by atoms with E-state index in [4.69, 9.17) is 28.7 Å². The van der Waals surface area contributed by atoms with Crippen LogP contribution in [0.2, 0.25) is 0 Å². The van der Waals surface area contributed by atoms with Gasteiger partial charge in [-0.25, -0.2) is 9.13 Å². The van der Waals surface area contributed by atoms with E-state index in [1.807, 2.05) is 13.8 Å². The lowest BCUT2D eigenvalue weighted by Crippen LogP contribution is -2.27. The van der Waals surface area contributed by atoms with Gasteiger partial charge in [0.2, 0.25) is 0 Å². The molecule has 0 fully saturated rings. The van der Waals surface area contributed by atoms with Crippen molar-refractivity contribution in [2.24, 2.45) is 0 Å². The Balaban J connectivity index is -0.000000436. The van der Waals surface area contributed by atoms with Crippen molar-refractivity contribution in [3.63, 3.8) is 0 Å². The molecule has 1 aromatic carbocycles. The minimum atomic E-state index is -5.14. The normalized spacial score (nSPS) is 12.6. The van der Waals surface area contributed by atoms with Gasteiger partial charge in [-0.15, -0.1) is 20.8 Å². The van der Waals surface area contributed by atoms with Crippen molar-refractivity contribution in [1.82, 2.24) is 5.32 Å². The van der Waals surface area contributed by atoms with Crippen molar-refractivity contribution >= 4 is 28.2 Å². The molecule has 0 amide bonds. The number of rotatable bonds is 4. The van der Waals surface area contributed by atoms with Crippen LogP contribution in [0, 0.1) is 0 Å². The van der Waals surface area contributed by atoms with Gasteiger partial charge in [-0.3, -0.25) is 19.6 Å². The highest BCUT2D eigenvalue weighted by Gasteiger charge is 2.30. The summed E-state index contributed by atoms with van der Waals surface area (Å²) in [4.78, 5) is 27.9. The molecular formula is C12H21ClF5NO6P2. The molecule has 0 aliphatic rings. The molecule has 0 spiro atoms. The molecular weight excluding hydrogens is 447 g/mol. The summed E-state index contributed by atoms with van der Waals surface area (Å²) in [7, 11) is -10.3. The van der Waals surface area contributed by atoms with Crippen LogP contribution in [0.15, 0.2) is 24.3 Å². The van der Waals surface area contributed by atoms with Crippen LogP contribution in [0.25, 0.3) is 0 Å². The standard InChI is InChI=1S/C12H16F3N.ClH.2FH2O3P/c1-3-16-9(2)7-10-5-4-6-11(8-10)12(13,14)15;;2*1-5(2,3)4/h4-6,8-9,16H,3,7H2,1-2H3;1H;2*(H2,2,3,4). The molecule has 7 nitrogen and oxygen atoms in total. The first kappa shape index (κ1) is 31.1. The van der Waals surface area contributed by atoms with Crippen LogP contribution >= 0.6 is 28.2 Å². The van der Waals surface area contributed by atoms with E-state index >= 15 is 0 Å². The average molecular weight is 468 g/mol. The number of likely N-dealkylation sites (N-methyl/N-ethyl adjacent to an activating group) is 1. The van der Waals surface area contributed by atoms with Crippen LogP contribution in [-0.2, 0) is 21.7 Å². The van der Waals surface area contributed by atoms with Crippen molar-refractivity contribution < 1.29 is 50.3 Å². The van der Waals surface area contributed by atoms with Crippen LogP contribution in [0.5, 0.6) is 0 Å². The number of nitrogens with one attached hydrogen (secondary N) is 1. The quantitative estimate of drug-likeness (QED) is 0.337. The van der Waals surface area contributed by atoms with Gasteiger partial charge in [0.05, 0.1) is 5.56 Å². The van der Waals surface area contributed by atoms with Crippen molar-refractivity contribution in [3.05, 3.63) is 35.4 Å². The Bertz CT molecular complexity index is 588. The SMILES string of the molecule is CCNC(C)Cc1cccc(C(F)(F)F)c1.Cl.O=P(O)(O)F.O=P(O)(O)F. The van der Waals surface area contributed by atoms with Crippen LogP contribution in [-0.4, -0.2) is 32.2 Å². The zero-order chi connectivity index (χ0) is 21.2. The molecule has 0 saturated heterocycles. The second kappa shape index (κ2) is 13.6. The fourth-order valence-electron chi connectivity index (χ4n) is 1.65. The van der Waals surface area contributed by atoms with Gasteiger partial charge in [0.15, 0.2) is 0 Å². The molecule has 15 heteroatoms. The van der Waals surface area contributed by atoms with Crippen LogP contribution < -0.4 is 5.32 Å². The highest BCUT2D eigenvalue weighted by Crippen LogP contribution is 2.35.